The maximum atomic E-state index is 10.7. The summed E-state index contributed by atoms with van der Waals surface area (Å²) in [5.41, 5.74) is -0.151. The minimum atomic E-state index is -0.689. The second kappa shape index (κ2) is 5.32. The molecule has 1 unspecified atom stereocenters. The van der Waals surface area contributed by atoms with E-state index in [0.29, 0.717) is 5.75 Å². The maximum Gasteiger partial charge on any atom is 0.311 e. The molecule has 0 heterocycles. The molecule has 1 rings (SSSR count). The lowest BCUT2D eigenvalue weighted by Gasteiger charge is -2.09. The van der Waals surface area contributed by atoms with Gasteiger partial charge in [-0.2, -0.15) is 0 Å². The molecule has 0 aliphatic heterocycles. The van der Waals surface area contributed by atoms with Gasteiger partial charge in [0.25, 0.3) is 0 Å². The number of hydrogen-bond acceptors (Lipinski definition) is 5. The highest BCUT2D eigenvalue weighted by Gasteiger charge is 2.16. The zero-order valence-electron chi connectivity index (χ0n) is 9.04. The highest BCUT2D eigenvalue weighted by atomic mass is 16.6. The largest absolute Gasteiger partial charge is 0.497 e. The van der Waals surface area contributed by atoms with Crippen molar-refractivity contribution in [1.82, 2.24) is 0 Å². The van der Waals surface area contributed by atoms with E-state index in [1.54, 1.807) is 0 Å². The van der Waals surface area contributed by atoms with Crippen LogP contribution in [0.5, 0.6) is 11.5 Å². The third-order valence-electron chi connectivity index (χ3n) is 1.84. The quantitative estimate of drug-likeness (QED) is 0.606. The van der Waals surface area contributed by atoms with Gasteiger partial charge in [-0.15, -0.1) is 0 Å². The molecular weight excluding hydrogens is 214 g/mol. The van der Waals surface area contributed by atoms with Crippen molar-refractivity contribution in [2.24, 2.45) is 0 Å². The van der Waals surface area contributed by atoms with Gasteiger partial charge in [0.05, 0.1) is 18.1 Å². The van der Waals surface area contributed by atoms with Gasteiger partial charge in [-0.3, -0.25) is 10.1 Å². The van der Waals surface area contributed by atoms with Gasteiger partial charge < -0.3 is 14.6 Å². The highest BCUT2D eigenvalue weighted by Crippen LogP contribution is 2.31. The Kier molecular flexibility index (Phi) is 4.07. The lowest BCUT2D eigenvalue weighted by atomic mass is 10.3. The molecule has 0 aliphatic carbocycles. The number of nitro benzene ring substituents is 1. The van der Waals surface area contributed by atoms with Crippen LogP contribution in [0.15, 0.2) is 18.2 Å². The molecule has 0 fully saturated rings. The number of nitro groups is 1. The Morgan fingerprint density at radius 1 is 1.56 bits per heavy atom. The van der Waals surface area contributed by atoms with Gasteiger partial charge in [0.2, 0.25) is 5.75 Å². The molecule has 0 saturated heterocycles. The number of aliphatic hydroxyl groups is 1. The third kappa shape index (κ3) is 3.09. The van der Waals surface area contributed by atoms with Crippen molar-refractivity contribution in [2.45, 2.75) is 13.0 Å². The lowest BCUT2D eigenvalue weighted by Crippen LogP contribution is -2.13. The molecule has 1 N–H and O–H groups in total. The number of nitrogens with zero attached hydrogens (tertiary/aromatic N) is 1. The Morgan fingerprint density at radius 2 is 2.25 bits per heavy atom. The predicted octanol–water partition coefficient (Wildman–Crippen LogP) is 1.36. The van der Waals surface area contributed by atoms with Crippen molar-refractivity contribution in [2.75, 3.05) is 13.7 Å². The van der Waals surface area contributed by atoms with Crippen molar-refractivity contribution in [3.63, 3.8) is 0 Å². The minimum Gasteiger partial charge on any atom is -0.497 e. The summed E-state index contributed by atoms with van der Waals surface area (Å²) in [6.45, 7) is 1.53. The van der Waals surface area contributed by atoms with Crippen LogP contribution in [0.1, 0.15) is 6.92 Å². The maximum absolute atomic E-state index is 10.7. The molecule has 0 aliphatic rings. The lowest BCUT2D eigenvalue weighted by molar-refractivity contribution is -0.385. The van der Waals surface area contributed by atoms with Gasteiger partial charge in [-0.25, -0.2) is 0 Å². The molecule has 0 amide bonds. The van der Waals surface area contributed by atoms with Crippen LogP contribution in [0.4, 0.5) is 5.69 Å². The first-order chi connectivity index (χ1) is 7.54. The Hall–Kier alpha value is -1.82. The van der Waals surface area contributed by atoms with Crippen molar-refractivity contribution < 1.29 is 19.5 Å². The summed E-state index contributed by atoms with van der Waals surface area (Å²) in [5, 5.41) is 19.7. The van der Waals surface area contributed by atoms with E-state index in [4.69, 9.17) is 14.6 Å². The van der Waals surface area contributed by atoms with Crippen LogP contribution >= 0.6 is 0 Å². The van der Waals surface area contributed by atoms with Crippen LogP contribution in [-0.4, -0.2) is 29.9 Å². The first-order valence-electron chi connectivity index (χ1n) is 4.68. The average molecular weight is 227 g/mol. The Balaban J connectivity index is 2.96. The van der Waals surface area contributed by atoms with E-state index in [1.165, 1.54) is 32.2 Å². The van der Waals surface area contributed by atoms with Crippen molar-refractivity contribution in [3.05, 3.63) is 28.3 Å². The normalized spacial score (nSPS) is 11.9. The molecule has 0 bridgehead atoms. The fourth-order valence-electron chi connectivity index (χ4n) is 1.10. The van der Waals surface area contributed by atoms with E-state index in [0.717, 1.165) is 0 Å². The molecule has 1 aromatic carbocycles. The van der Waals surface area contributed by atoms with E-state index >= 15 is 0 Å². The summed E-state index contributed by atoms with van der Waals surface area (Å²) >= 11 is 0. The molecule has 0 radical (unpaired) electrons. The van der Waals surface area contributed by atoms with Crippen molar-refractivity contribution >= 4 is 5.69 Å². The van der Waals surface area contributed by atoms with E-state index in [2.05, 4.69) is 0 Å². The summed E-state index contributed by atoms with van der Waals surface area (Å²) in [7, 11) is 1.46. The predicted molar refractivity (Wildman–Crippen MR) is 56.8 cm³/mol. The molecular formula is C10H13NO5. The SMILES string of the molecule is COc1ccc([N+](=O)[O-])c(OCC(C)O)c1. The molecule has 0 spiro atoms. The zero-order valence-corrected chi connectivity index (χ0v) is 9.04. The number of ether oxygens (including phenoxy) is 2. The molecule has 1 aromatic rings. The number of methoxy groups -OCH3 is 1. The van der Waals surface area contributed by atoms with Gasteiger partial charge >= 0.3 is 5.69 Å². The van der Waals surface area contributed by atoms with E-state index in [9.17, 15) is 10.1 Å². The Bertz CT molecular complexity index is 377. The van der Waals surface area contributed by atoms with Gasteiger partial charge in [0.1, 0.15) is 12.4 Å². The van der Waals surface area contributed by atoms with Crippen molar-refractivity contribution in [1.29, 1.82) is 0 Å². The van der Waals surface area contributed by atoms with Crippen LogP contribution < -0.4 is 9.47 Å². The fourth-order valence-corrected chi connectivity index (χ4v) is 1.10. The molecule has 6 nitrogen and oxygen atoms in total. The number of benzene rings is 1. The van der Waals surface area contributed by atoms with Crippen LogP contribution in [0.25, 0.3) is 0 Å². The molecule has 16 heavy (non-hydrogen) atoms. The summed E-state index contributed by atoms with van der Waals surface area (Å²) < 4.78 is 10.1. The van der Waals surface area contributed by atoms with Crippen LogP contribution in [0, 0.1) is 10.1 Å². The molecule has 1 atom stereocenters. The minimum absolute atomic E-state index is 0.00594. The average Bonchev–Trinajstić information content (AvgIpc) is 2.25. The van der Waals surface area contributed by atoms with E-state index < -0.39 is 11.0 Å². The van der Waals surface area contributed by atoms with Crippen LogP contribution in [-0.2, 0) is 0 Å². The topological polar surface area (TPSA) is 81.8 Å². The standard InChI is InChI=1S/C10H13NO5/c1-7(12)6-16-10-5-8(15-2)3-4-9(10)11(13)14/h3-5,7,12H,6H2,1-2H3. The van der Waals surface area contributed by atoms with Gasteiger partial charge in [-0.1, -0.05) is 0 Å². The molecule has 0 saturated carbocycles. The third-order valence-corrected chi connectivity index (χ3v) is 1.84. The Labute approximate surface area is 92.6 Å². The van der Waals surface area contributed by atoms with E-state index in [1.807, 2.05) is 0 Å². The first-order valence-corrected chi connectivity index (χ1v) is 4.68. The molecule has 88 valence electrons. The summed E-state index contributed by atoms with van der Waals surface area (Å²) in [4.78, 5) is 10.1. The van der Waals surface area contributed by atoms with Gasteiger partial charge in [-0.05, 0) is 13.0 Å². The Morgan fingerprint density at radius 3 is 2.75 bits per heavy atom. The van der Waals surface area contributed by atoms with E-state index in [-0.39, 0.29) is 18.0 Å². The monoisotopic (exact) mass is 227 g/mol. The number of hydrogen-bond donors (Lipinski definition) is 1. The van der Waals surface area contributed by atoms with Crippen LogP contribution in [0.2, 0.25) is 0 Å². The van der Waals surface area contributed by atoms with Gasteiger partial charge in [0, 0.05) is 12.1 Å². The zero-order chi connectivity index (χ0) is 12.1. The molecule has 0 aromatic heterocycles. The second-order valence-electron chi connectivity index (χ2n) is 3.25. The highest BCUT2D eigenvalue weighted by molar-refractivity contribution is 5.50. The van der Waals surface area contributed by atoms with Crippen LogP contribution in [0.3, 0.4) is 0 Å². The molecule has 6 heteroatoms. The summed E-state index contributed by atoms with van der Waals surface area (Å²) in [5.74, 6) is 0.552. The summed E-state index contributed by atoms with van der Waals surface area (Å²) in [6, 6.07) is 4.20. The smallest absolute Gasteiger partial charge is 0.311 e. The van der Waals surface area contributed by atoms with Crippen molar-refractivity contribution in [3.8, 4) is 11.5 Å². The summed E-state index contributed by atoms with van der Waals surface area (Å²) in [6.07, 6.45) is -0.689. The number of aliphatic hydroxyl groups excluding tert-OH is 1. The first kappa shape index (κ1) is 12.3. The second-order valence-corrected chi connectivity index (χ2v) is 3.25. The van der Waals surface area contributed by atoms with Gasteiger partial charge in [0.15, 0.2) is 0 Å². The fraction of sp³-hybridized carbons (Fsp3) is 0.400. The number of rotatable bonds is 5.